The summed E-state index contributed by atoms with van der Waals surface area (Å²) >= 11 is 12.3. The molecule has 0 N–H and O–H groups in total. The summed E-state index contributed by atoms with van der Waals surface area (Å²) in [7, 11) is 0. The Labute approximate surface area is 137 Å². The molecule has 0 aliphatic carbocycles. The lowest BCUT2D eigenvalue weighted by atomic mass is 10.1. The Hall–Kier alpha value is -0.730. The van der Waals surface area contributed by atoms with E-state index < -0.39 is 0 Å². The molecule has 1 atom stereocenters. The van der Waals surface area contributed by atoms with Crippen LogP contribution in [0.2, 0.25) is 5.02 Å². The van der Waals surface area contributed by atoms with E-state index in [1.54, 1.807) is 0 Å². The van der Waals surface area contributed by atoms with E-state index in [9.17, 15) is 0 Å². The van der Waals surface area contributed by atoms with Crippen LogP contribution in [-0.4, -0.2) is 15.4 Å². The molecular formula is C17H24Cl2N2. The quantitative estimate of drug-likeness (QED) is 0.429. The number of fused-ring (bicyclic) bond motifs is 1. The predicted molar refractivity (Wildman–Crippen MR) is 92.6 cm³/mol. The number of rotatable bonds is 8. The standard InChI is InChI=1S/C17H24Cl2N2/c1-3-4-5-6-8-13(2)21-16(11-12-18)20-15-10-7-9-14(19)17(15)21/h7,9-10,13H,3-6,8,11-12H2,1-2H3. The summed E-state index contributed by atoms with van der Waals surface area (Å²) in [4.78, 5) is 4.72. The highest BCUT2D eigenvalue weighted by Crippen LogP contribution is 2.30. The highest BCUT2D eigenvalue weighted by Gasteiger charge is 2.17. The van der Waals surface area contributed by atoms with Gasteiger partial charge in [0.05, 0.1) is 16.1 Å². The number of nitrogens with zero attached hydrogens (tertiary/aromatic N) is 2. The third kappa shape index (κ3) is 3.92. The van der Waals surface area contributed by atoms with Crippen LogP contribution < -0.4 is 0 Å². The first-order chi connectivity index (χ1) is 10.2. The number of alkyl halides is 1. The van der Waals surface area contributed by atoms with Crippen LogP contribution >= 0.6 is 23.2 Å². The summed E-state index contributed by atoms with van der Waals surface area (Å²) in [5.41, 5.74) is 2.03. The lowest BCUT2D eigenvalue weighted by Crippen LogP contribution is -2.10. The van der Waals surface area contributed by atoms with Gasteiger partial charge in [-0.05, 0) is 25.5 Å². The summed E-state index contributed by atoms with van der Waals surface area (Å²) in [6.07, 6.45) is 7.07. The molecule has 21 heavy (non-hydrogen) atoms. The van der Waals surface area contributed by atoms with Gasteiger partial charge >= 0.3 is 0 Å². The maximum absolute atomic E-state index is 6.41. The predicted octanol–water partition coefficient (Wildman–Crippen LogP) is 6.00. The second-order valence-corrected chi connectivity index (χ2v) is 6.43. The topological polar surface area (TPSA) is 17.8 Å². The van der Waals surface area contributed by atoms with Crippen LogP contribution in [0.1, 0.15) is 57.8 Å². The molecule has 4 heteroatoms. The van der Waals surface area contributed by atoms with E-state index >= 15 is 0 Å². The van der Waals surface area contributed by atoms with Gasteiger partial charge in [0.25, 0.3) is 0 Å². The van der Waals surface area contributed by atoms with E-state index in [0.29, 0.717) is 11.9 Å². The first-order valence-electron chi connectivity index (χ1n) is 7.90. The molecule has 0 spiro atoms. The largest absolute Gasteiger partial charge is 0.324 e. The number of halogens is 2. The van der Waals surface area contributed by atoms with Crippen molar-refractivity contribution in [1.29, 1.82) is 0 Å². The number of hydrogen-bond acceptors (Lipinski definition) is 1. The summed E-state index contributed by atoms with van der Waals surface area (Å²) in [6.45, 7) is 4.50. The molecule has 1 unspecified atom stereocenters. The van der Waals surface area contributed by atoms with E-state index in [2.05, 4.69) is 18.4 Å². The normalized spacial score (nSPS) is 13.0. The van der Waals surface area contributed by atoms with Crippen molar-refractivity contribution in [3.05, 3.63) is 29.0 Å². The fourth-order valence-corrected chi connectivity index (χ4v) is 3.32. The monoisotopic (exact) mass is 326 g/mol. The van der Waals surface area contributed by atoms with E-state index in [4.69, 9.17) is 28.2 Å². The van der Waals surface area contributed by atoms with Gasteiger partial charge in [0.1, 0.15) is 5.82 Å². The maximum Gasteiger partial charge on any atom is 0.111 e. The van der Waals surface area contributed by atoms with Gasteiger partial charge in [-0.2, -0.15) is 0 Å². The van der Waals surface area contributed by atoms with Gasteiger partial charge in [-0.1, -0.05) is 50.3 Å². The second-order valence-electron chi connectivity index (χ2n) is 5.64. The van der Waals surface area contributed by atoms with Crippen molar-refractivity contribution in [3.8, 4) is 0 Å². The van der Waals surface area contributed by atoms with Gasteiger partial charge in [-0.25, -0.2) is 4.98 Å². The van der Waals surface area contributed by atoms with Gasteiger partial charge < -0.3 is 4.57 Å². The Morgan fingerprint density at radius 3 is 2.76 bits per heavy atom. The number of imidazole rings is 1. The molecule has 2 nitrogen and oxygen atoms in total. The molecule has 2 aromatic rings. The van der Waals surface area contributed by atoms with Crippen molar-refractivity contribution >= 4 is 34.2 Å². The zero-order valence-electron chi connectivity index (χ0n) is 12.9. The van der Waals surface area contributed by atoms with Crippen LogP contribution in [0.3, 0.4) is 0 Å². The van der Waals surface area contributed by atoms with Crippen LogP contribution in [0.15, 0.2) is 18.2 Å². The Morgan fingerprint density at radius 1 is 1.24 bits per heavy atom. The molecule has 0 bridgehead atoms. The number of hydrogen-bond donors (Lipinski definition) is 0. The van der Waals surface area contributed by atoms with Crippen molar-refractivity contribution in [2.24, 2.45) is 0 Å². The molecule has 0 amide bonds. The highest BCUT2D eigenvalue weighted by atomic mass is 35.5. The van der Waals surface area contributed by atoms with E-state index in [1.807, 2.05) is 18.2 Å². The summed E-state index contributed by atoms with van der Waals surface area (Å²) < 4.78 is 2.30. The molecule has 0 aliphatic heterocycles. The van der Waals surface area contributed by atoms with Crippen molar-refractivity contribution in [1.82, 2.24) is 9.55 Å². The Morgan fingerprint density at radius 2 is 2.05 bits per heavy atom. The van der Waals surface area contributed by atoms with Gasteiger partial charge in [-0.3, -0.25) is 0 Å². The van der Waals surface area contributed by atoms with Crippen LogP contribution in [0, 0.1) is 0 Å². The van der Waals surface area contributed by atoms with Gasteiger partial charge in [0.15, 0.2) is 0 Å². The average Bonchev–Trinajstić information content (AvgIpc) is 2.83. The van der Waals surface area contributed by atoms with Crippen LogP contribution in [0.4, 0.5) is 0 Å². The molecule has 0 aliphatic rings. The summed E-state index contributed by atoms with van der Waals surface area (Å²) in [5, 5.41) is 0.779. The number of unbranched alkanes of at least 4 members (excludes halogenated alkanes) is 3. The summed E-state index contributed by atoms with van der Waals surface area (Å²) in [5.74, 6) is 1.64. The minimum Gasteiger partial charge on any atom is -0.324 e. The van der Waals surface area contributed by atoms with Crippen molar-refractivity contribution in [3.63, 3.8) is 0 Å². The molecule has 0 saturated heterocycles. The molecule has 1 aromatic heterocycles. The Kier molecular flexibility index (Phi) is 6.38. The maximum atomic E-state index is 6.41. The Balaban J connectivity index is 2.28. The zero-order valence-corrected chi connectivity index (χ0v) is 14.4. The third-order valence-electron chi connectivity index (χ3n) is 3.97. The van der Waals surface area contributed by atoms with Crippen molar-refractivity contribution < 1.29 is 0 Å². The molecule has 1 aromatic carbocycles. The highest BCUT2D eigenvalue weighted by molar-refractivity contribution is 6.35. The number of aryl methyl sites for hydroxylation is 1. The van der Waals surface area contributed by atoms with Gasteiger partial charge in [0, 0.05) is 18.3 Å². The first kappa shape index (κ1) is 16.6. The smallest absolute Gasteiger partial charge is 0.111 e. The molecule has 0 radical (unpaired) electrons. The molecule has 0 fully saturated rings. The van der Waals surface area contributed by atoms with Crippen molar-refractivity contribution in [2.75, 3.05) is 5.88 Å². The Bertz CT molecular complexity index is 577. The van der Waals surface area contributed by atoms with Crippen LogP contribution in [0.25, 0.3) is 11.0 Å². The lowest BCUT2D eigenvalue weighted by Gasteiger charge is -2.18. The first-order valence-corrected chi connectivity index (χ1v) is 8.81. The fourth-order valence-electron chi connectivity index (χ4n) is 2.89. The third-order valence-corrected chi connectivity index (χ3v) is 4.46. The number of aromatic nitrogens is 2. The fraction of sp³-hybridized carbons (Fsp3) is 0.588. The van der Waals surface area contributed by atoms with E-state index in [1.165, 1.54) is 25.7 Å². The van der Waals surface area contributed by atoms with Gasteiger partial charge in [0.2, 0.25) is 0 Å². The molecule has 1 heterocycles. The SMILES string of the molecule is CCCCCCC(C)n1c(CCCl)nc2cccc(Cl)c21. The molecule has 2 rings (SSSR count). The minimum absolute atomic E-state index is 0.407. The van der Waals surface area contributed by atoms with Crippen LogP contribution in [0.5, 0.6) is 0 Å². The number of para-hydroxylation sites is 1. The van der Waals surface area contributed by atoms with Crippen LogP contribution in [-0.2, 0) is 6.42 Å². The molecule has 0 saturated carbocycles. The zero-order chi connectivity index (χ0) is 15.2. The van der Waals surface area contributed by atoms with E-state index in [0.717, 1.165) is 34.7 Å². The number of benzene rings is 1. The molecular weight excluding hydrogens is 303 g/mol. The minimum atomic E-state index is 0.407. The summed E-state index contributed by atoms with van der Waals surface area (Å²) in [6, 6.07) is 6.33. The lowest BCUT2D eigenvalue weighted by molar-refractivity contribution is 0.470. The van der Waals surface area contributed by atoms with E-state index in [-0.39, 0.29) is 0 Å². The average molecular weight is 327 g/mol. The molecule has 116 valence electrons. The van der Waals surface area contributed by atoms with Gasteiger partial charge in [-0.15, -0.1) is 11.6 Å². The second kappa shape index (κ2) is 8.05. The van der Waals surface area contributed by atoms with Crippen molar-refractivity contribution in [2.45, 2.75) is 58.4 Å².